The molecule has 36 heavy (non-hydrogen) atoms. The molecule has 4 aromatic rings. The van der Waals surface area contributed by atoms with Crippen LogP contribution in [-0.2, 0) is 9.53 Å². The van der Waals surface area contributed by atoms with Gasteiger partial charge in [0, 0.05) is 35.5 Å². The summed E-state index contributed by atoms with van der Waals surface area (Å²) in [6, 6.07) is 17.3. The van der Waals surface area contributed by atoms with Crippen molar-refractivity contribution in [2.45, 2.75) is 38.2 Å². The van der Waals surface area contributed by atoms with Crippen LogP contribution in [0, 0.1) is 6.92 Å². The van der Waals surface area contributed by atoms with Gasteiger partial charge in [-0.1, -0.05) is 53.7 Å². The van der Waals surface area contributed by atoms with Gasteiger partial charge >= 0.3 is 5.97 Å². The van der Waals surface area contributed by atoms with E-state index in [4.69, 9.17) is 14.2 Å². The third-order valence-corrected chi connectivity index (χ3v) is 8.03. The van der Waals surface area contributed by atoms with E-state index in [1.54, 1.807) is 17.4 Å². The quantitative estimate of drug-likeness (QED) is 0.324. The zero-order valence-corrected chi connectivity index (χ0v) is 20.7. The van der Waals surface area contributed by atoms with E-state index in [2.05, 4.69) is 10.5 Å². The van der Waals surface area contributed by atoms with Crippen molar-refractivity contribution in [3.8, 4) is 22.5 Å². The first-order valence-electron chi connectivity index (χ1n) is 12.1. The summed E-state index contributed by atoms with van der Waals surface area (Å²) in [6.07, 6.45) is 1.40. The van der Waals surface area contributed by atoms with Gasteiger partial charge in [-0.3, -0.25) is 4.79 Å². The average molecular weight is 500 g/mol. The Kier molecular flexibility index (Phi) is 5.89. The van der Waals surface area contributed by atoms with Gasteiger partial charge in [-0.2, -0.15) is 0 Å². The minimum absolute atomic E-state index is 0.0235. The summed E-state index contributed by atoms with van der Waals surface area (Å²) in [4.78, 5) is 31.9. The first-order chi connectivity index (χ1) is 17.6. The molecule has 0 saturated carbocycles. The molecule has 0 radical (unpaired) electrons. The smallest absolute Gasteiger partial charge is 0.339 e. The Morgan fingerprint density at radius 3 is 2.64 bits per heavy atom. The molecule has 0 bridgehead atoms. The molecule has 1 unspecified atom stereocenters. The number of carbonyl (C=O) groups is 2. The fourth-order valence-corrected chi connectivity index (χ4v) is 6.07. The number of nitrogens with zero attached hydrogens (tertiary/aromatic N) is 3. The monoisotopic (exact) mass is 499 g/mol. The number of hydrogen-bond acceptors (Lipinski definition) is 7. The molecule has 1 amide bonds. The molecular weight excluding hydrogens is 474 g/mol. The highest BCUT2D eigenvalue weighted by atomic mass is 32.1. The summed E-state index contributed by atoms with van der Waals surface area (Å²) in [5.74, 6) is 0.731. The van der Waals surface area contributed by atoms with Gasteiger partial charge in [0.1, 0.15) is 17.6 Å². The summed E-state index contributed by atoms with van der Waals surface area (Å²) >= 11 is 1.65. The molecule has 2 aliphatic rings. The third kappa shape index (κ3) is 4.11. The van der Waals surface area contributed by atoms with Crippen molar-refractivity contribution < 1.29 is 18.8 Å². The molecule has 8 heteroatoms. The van der Waals surface area contributed by atoms with E-state index in [-0.39, 0.29) is 18.3 Å². The number of hydrogen-bond donors (Lipinski definition) is 0. The number of aromatic nitrogens is 2. The first kappa shape index (κ1) is 22.7. The number of carbonyl (C=O) groups excluding carboxylic acids is 2. The molecule has 4 heterocycles. The van der Waals surface area contributed by atoms with Crippen LogP contribution in [0.4, 0.5) is 0 Å². The Bertz CT molecular complexity index is 1420. The largest absolute Gasteiger partial charge is 0.453 e. The van der Waals surface area contributed by atoms with Crippen LogP contribution in [0.5, 0.6) is 0 Å². The van der Waals surface area contributed by atoms with Crippen LogP contribution in [0.25, 0.3) is 22.5 Å². The number of cyclic esters (lactones) is 1. The van der Waals surface area contributed by atoms with Crippen molar-refractivity contribution in [2.75, 3.05) is 13.1 Å². The van der Waals surface area contributed by atoms with Crippen LogP contribution in [0.15, 0.2) is 64.5 Å². The van der Waals surface area contributed by atoms with Crippen LogP contribution in [0.1, 0.15) is 58.0 Å². The molecule has 182 valence electrons. The second-order valence-corrected chi connectivity index (χ2v) is 10.1. The maximum atomic E-state index is 13.0. The molecular formula is C28H25N3O4S. The number of thiazole rings is 1. The number of likely N-dealkylation sites (tertiary alicyclic amines) is 1. The van der Waals surface area contributed by atoms with E-state index >= 15 is 0 Å². The molecule has 0 N–H and O–H groups in total. The predicted molar refractivity (Wildman–Crippen MR) is 136 cm³/mol. The second kappa shape index (κ2) is 9.35. The topological polar surface area (TPSA) is 85.5 Å². The molecule has 2 aliphatic heterocycles. The summed E-state index contributed by atoms with van der Waals surface area (Å²) in [5.41, 5.74) is 4.99. The fourth-order valence-electron chi connectivity index (χ4n) is 5.09. The number of benzene rings is 2. The van der Waals surface area contributed by atoms with Crippen molar-refractivity contribution in [2.24, 2.45) is 0 Å². The van der Waals surface area contributed by atoms with E-state index in [1.165, 1.54) is 0 Å². The summed E-state index contributed by atoms with van der Waals surface area (Å²) < 4.78 is 11.0. The van der Waals surface area contributed by atoms with Gasteiger partial charge in [-0.25, -0.2) is 9.78 Å². The molecule has 1 atom stereocenters. The lowest BCUT2D eigenvalue weighted by atomic mass is 9.96. The van der Waals surface area contributed by atoms with E-state index in [0.29, 0.717) is 24.6 Å². The van der Waals surface area contributed by atoms with Gasteiger partial charge in [0.2, 0.25) is 5.91 Å². The number of amides is 1. The van der Waals surface area contributed by atoms with E-state index in [1.807, 2.05) is 60.4 Å². The molecule has 0 aliphatic carbocycles. The summed E-state index contributed by atoms with van der Waals surface area (Å²) in [7, 11) is 0. The summed E-state index contributed by atoms with van der Waals surface area (Å²) in [5, 5.41) is 7.44. The Labute approximate surface area is 212 Å². The van der Waals surface area contributed by atoms with Gasteiger partial charge in [-0.15, -0.1) is 11.3 Å². The average Bonchev–Trinajstić information content (AvgIpc) is 3.62. The zero-order chi connectivity index (χ0) is 24.6. The van der Waals surface area contributed by atoms with Crippen LogP contribution in [0.3, 0.4) is 0 Å². The fraction of sp³-hybridized carbons (Fsp3) is 0.286. The highest BCUT2D eigenvalue weighted by Gasteiger charge is 2.34. The van der Waals surface area contributed by atoms with Gasteiger partial charge in [0.15, 0.2) is 0 Å². The molecule has 1 fully saturated rings. The van der Waals surface area contributed by atoms with Crippen molar-refractivity contribution in [3.63, 3.8) is 0 Å². The molecule has 2 aromatic heterocycles. The van der Waals surface area contributed by atoms with Crippen molar-refractivity contribution in [3.05, 3.63) is 81.9 Å². The Hall–Kier alpha value is -3.78. The maximum Gasteiger partial charge on any atom is 0.339 e. The van der Waals surface area contributed by atoms with Gasteiger partial charge in [0.05, 0.1) is 28.2 Å². The SMILES string of the molecule is Cc1onc(-c2ccccc2)c1-c1csc(C2CCN(C(=O)CC3OC(=O)c4ccccc43)CC2)n1. The lowest BCUT2D eigenvalue weighted by molar-refractivity contribution is -0.134. The van der Waals surface area contributed by atoms with Crippen LogP contribution in [0.2, 0.25) is 0 Å². The molecule has 2 aromatic carbocycles. The van der Waals surface area contributed by atoms with E-state index in [9.17, 15) is 9.59 Å². The van der Waals surface area contributed by atoms with Gasteiger partial charge < -0.3 is 14.2 Å². The van der Waals surface area contributed by atoms with Crippen molar-refractivity contribution >= 4 is 23.2 Å². The molecule has 0 spiro atoms. The van der Waals surface area contributed by atoms with Crippen LogP contribution < -0.4 is 0 Å². The minimum Gasteiger partial charge on any atom is -0.453 e. The number of ether oxygens (including phenoxy) is 1. The van der Waals surface area contributed by atoms with E-state index < -0.39 is 6.10 Å². The lowest BCUT2D eigenvalue weighted by Gasteiger charge is -2.31. The maximum absolute atomic E-state index is 13.0. The van der Waals surface area contributed by atoms with Crippen molar-refractivity contribution in [1.82, 2.24) is 15.0 Å². The second-order valence-electron chi connectivity index (χ2n) is 9.24. The Balaban J connectivity index is 1.11. The number of rotatable bonds is 5. The van der Waals surface area contributed by atoms with Crippen molar-refractivity contribution in [1.29, 1.82) is 0 Å². The predicted octanol–water partition coefficient (Wildman–Crippen LogP) is 5.78. The van der Waals surface area contributed by atoms with Gasteiger partial charge in [-0.05, 0) is 25.8 Å². The highest BCUT2D eigenvalue weighted by Crippen LogP contribution is 2.38. The van der Waals surface area contributed by atoms with E-state index in [0.717, 1.165) is 51.7 Å². The minimum atomic E-state index is -0.494. The van der Waals surface area contributed by atoms with Crippen LogP contribution >= 0.6 is 11.3 Å². The molecule has 1 saturated heterocycles. The molecule has 6 rings (SSSR count). The number of piperidine rings is 1. The summed E-state index contributed by atoms with van der Waals surface area (Å²) in [6.45, 7) is 3.25. The lowest BCUT2D eigenvalue weighted by Crippen LogP contribution is -2.38. The zero-order valence-electron chi connectivity index (χ0n) is 19.8. The first-order valence-corrected chi connectivity index (χ1v) is 13.0. The van der Waals surface area contributed by atoms with Gasteiger partial charge in [0.25, 0.3) is 0 Å². The highest BCUT2D eigenvalue weighted by molar-refractivity contribution is 7.10. The third-order valence-electron chi connectivity index (χ3n) is 7.02. The number of esters is 1. The number of fused-ring (bicyclic) bond motifs is 1. The normalized spacial score (nSPS) is 17.8. The Morgan fingerprint density at radius 2 is 1.83 bits per heavy atom. The standard InChI is InChI=1S/C28H25N3O4S/c1-17-25(26(30-35-17)18-7-3-2-4-8-18)22-16-36-27(29-22)19-11-13-31(14-12-19)24(32)15-23-20-9-5-6-10-21(20)28(33)34-23/h2-10,16,19,23H,11-15H2,1H3. The Morgan fingerprint density at radius 1 is 1.08 bits per heavy atom. The number of aryl methyl sites for hydroxylation is 1. The molecule has 7 nitrogen and oxygen atoms in total. The van der Waals surface area contributed by atoms with Crippen LogP contribution in [-0.4, -0.2) is 40.0 Å².